The molecule has 3 aliphatic heterocycles. The van der Waals surface area contributed by atoms with Crippen molar-refractivity contribution in [2.45, 2.75) is 134 Å². The maximum absolute atomic E-state index is 14.0. The number of ether oxygens (including phenoxy) is 10. The maximum atomic E-state index is 14.0. The van der Waals surface area contributed by atoms with Crippen molar-refractivity contribution in [3.8, 4) is 46.8 Å². The molecule has 0 unspecified atom stereocenters. The van der Waals surface area contributed by atoms with Crippen molar-refractivity contribution in [3.63, 3.8) is 0 Å². The first-order valence-electron chi connectivity index (χ1n) is 32.0. The van der Waals surface area contributed by atoms with E-state index in [1.54, 1.807) is 61.2 Å². The fourth-order valence-electron chi connectivity index (χ4n) is 9.93. The molecule has 7 aromatic rings. The molecule has 3 saturated heterocycles. The smallest absolute Gasteiger partial charge is 0.546 e. The zero-order chi connectivity index (χ0) is 79.3. The number of esters is 3. The summed E-state index contributed by atoms with van der Waals surface area (Å²) in [5, 5.41) is 11.1. The second-order valence-electron chi connectivity index (χ2n) is 24.8. The Labute approximate surface area is 682 Å². The first-order valence-corrected chi connectivity index (χ1v) is 35.0. The van der Waals surface area contributed by atoms with Gasteiger partial charge in [0.1, 0.15) is 17.2 Å². The van der Waals surface area contributed by atoms with Crippen molar-refractivity contribution in [1.82, 2.24) is 74.8 Å². The van der Waals surface area contributed by atoms with E-state index in [0.717, 1.165) is 51.6 Å². The molecule has 0 saturated carbocycles. The average molecular weight is 1680 g/mol. The molecular weight excluding hydrogens is 1610 g/mol. The second-order valence-corrected chi connectivity index (χ2v) is 27.6. The quantitative estimate of drug-likeness (QED) is 0.0355. The third-order valence-corrected chi connectivity index (χ3v) is 16.8. The molecule has 5 aromatic heterocycles. The molecule has 0 N–H and O–H groups in total. The summed E-state index contributed by atoms with van der Waals surface area (Å²) < 4.78 is 79.8. The van der Waals surface area contributed by atoms with E-state index in [-0.39, 0.29) is 125 Å². The van der Waals surface area contributed by atoms with Crippen LogP contribution in [0.25, 0.3) is 22.8 Å². The SMILES string of the molecule is COC(=O)C(C)(C)Oc1nc(Cl)nc(Cl)n1.COC[C@@H]1CCCN1c1nc(Cl)nc(OC(C)(C)C(=O)OC)n1.COC[C@@H]1CCCN1c1nc(OC(C)(C)C(=O)OC)nc(-c2ccc(Cl)c(F)c2)n1.COC[C@@H]1CCCN1c1nc(OC(C)(C)C(=O)[O-])nc(-c2ccc(Cl)c(F)c2)n1.Clc1nc(Cl)nc(Cl)n1.[Na+]. The Morgan fingerprint density at radius 1 is 0.407 bits per heavy atom. The topological polar surface area (TPSA) is 387 Å². The van der Waals surface area contributed by atoms with Gasteiger partial charge in [0.25, 0.3) is 0 Å². The summed E-state index contributed by atoms with van der Waals surface area (Å²) in [7, 11) is 8.72. The van der Waals surface area contributed by atoms with Crippen LogP contribution in [0.2, 0.25) is 41.7 Å². The van der Waals surface area contributed by atoms with Gasteiger partial charge in [-0.25, -0.2) is 23.2 Å². The van der Waals surface area contributed by atoms with Crippen LogP contribution in [0.3, 0.4) is 0 Å². The van der Waals surface area contributed by atoms with Crippen LogP contribution < -0.4 is 68.3 Å². The van der Waals surface area contributed by atoms with E-state index in [2.05, 4.69) is 79.5 Å². The largest absolute Gasteiger partial charge is 1.00 e. The summed E-state index contributed by atoms with van der Waals surface area (Å²) in [6.07, 6.45) is 5.70. The fourth-order valence-corrected chi connectivity index (χ4v) is 11.3. The summed E-state index contributed by atoms with van der Waals surface area (Å²) >= 11 is 44.6. The van der Waals surface area contributed by atoms with Crippen molar-refractivity contribution in [2.24, 2.45) is 0 Å². The molecule has 0 aliphatic carbocycles. The molecule has 3 atom stereocenters. The number of aliphatic carboxylic acids is 1. The van der Waals surface area contributed by atoms with Crippen LogP contribution in [0.15, 0.2) is 36.4 Å². The van der Waals surface area contributed by atoms with Crippen molar-refractivity contribution in [3.05, 3.63) is 89.8 Å². The Balaban J connectivity index is 0.000000252. The first kappa shape index (κ1) is 91.6. The van der Waals surface area contributed by atoms with E-state index in [9.17, 15) is 33.1 Å². The van der Waals surface area contributed by atoms with Gasteiger partial charge in [0.15, 0.2) is 11.6 Å². The number of carbonyl (C=O) groups excluding carboxylic acids is 4. The number of halogens is 10. The molecule has 582 valence electrons. The molecule has 0 spiro atoms. The van der Waals surface area contributed by atoms with Crippen LogP contribution in [-0.4, -0.2) is 221 Å². The van der Waals surface area contributed by atoms with Gasteiger partial charge in [-0.3, -0.25) is 0 Å². The van der Waals surface area contributed by atoms with Gasteiger partial charge in [-0.05, 0) is 200 Å². The molecule has 0 amide bonds. The van der Waals surface area contributed by atoms with Crippen LogP contribution in [0.1, 0.15) is 93.9 Å². The minimum atomic E-state index is -1.67. The van der Waals surface area contributed by atoms with Gasteiger partial charge >= 0.3 is 71.5 Å². The number of carboxylic acid groups (broad SMARTS) is 1. The van der Waals surface area contributed by atoms with Crippen molar-refractivity contribution < 1.29 is 110 Å². The molecule has 8 heterocycles. The van der Waals surface area contributed by atoms with Gasteiger partial charge in [0, 0.05) is 52.1 Å². The molecule has 0 bridgehead atoms. The summed E-state index contributed by atoms with van der Waals surface area (Å²) in [5.74, 6) is -2.89. The number of hydrogen-bond acceptors (Lipinski definition) is 33. The van der Waals surface area contributed by atoms with Gasteiger partial charge in [0.2, 0.25) is 66.3 Å². The number of anilines is 3. The zero-order valence-corrected chi connectivity index (χ0v) is 69.2. The van der Waals surface area contributed by atoms with E-state index in [1.807, 2.05) is 14.7 Å². The van der Waals surface area contributed by atoms with Crippen LogP contribution >= 0.6 is 92.8 Å². The Bertz CT molecular complexity index is 4150. The molecule has 10 rings (SSSR count). The normalized spacial score (nSPS) is 15.4. The first-order chi connectivity index (χ1) is 50.4. The van der Waals surface area contributed by atoms with E-state index < -0.39 is 57.9 Å². The Morgan fingerprint density at radius 3 is 0.963 bits per heavy atom. The van der Waals surface area contributed by atoms with E-state index >= 15 is 0 Å². The number of carboxylic acids is 1. The predicted molar refractivity (Wildman–Crippen MR) is 387 cm³/mol. The summed E-state index contributed by atoms with van der Waals surface area (Å²) in [6, 6.07) is 8.35. The molecule has 108 heavy (non-hydrogen) atoms. The number of methoxy groups -OCH3 is 6. The summed E-state index contributed by atoms with van der Waals surface area (Å²) in [6.45, 7) is 15.7. The average Bonchev–Trinajstić information content (AvgIpc) is 1.33. The van der Waals surface area contributed by atoms with Crippen molar-refractivity contribution >= 4 is 135 Å². The molecule has 3 fully saturated rings. The van der Waals surface area contributed by atoms with Gasteiger partial charge in [-0.2, -0.15) is 74.8 Å². The van der Waals surface area contributed by atoms with Gasteiger partial charge < -0.3 is 72.0 Å². The fraction of sp³-hybridized carbons (Fsp3) is 0.516. The Hall–Kier alpha value is -6.97. The van der Waals surface area contributed by atoms with Crippen LogP contribution in [-0.2, 0) is 47.6 Å². The number of nitrogens with zero attached hydrogens (tertiary/aromatic N) is 18. The Kier molecular flexibility index (Phi) is 35.5. The third-order valence-electron chi connectivity index (χ3n) is 15.1. The monoisotopic (exact) mass is 1680 g/mol. The maximum Gasteiger partial charge on any atom is 1.00 e. The molecule has 44 heteroatoms. The number of aromatic nitrogens is 15. The molecule has 2 aromatic carbocycles. The molecule has 0 radical (unpaired) electrons. The van der Waals surface area contributed by atoms with Gasteiger partial charge in [0.05, 0.1) is 75.3 Å². The van der Waals surface area contributed by atoms with Crippen LogP contribution in [0.4, 0.5) is 26.6 Å². The number of rotatable bonds is 23. The molecular formula is C64H75Cl8F2N18NaO15. The zero-order valence-electron chi connectivity index (χ0n) is 61.1. The molecule has 3 aliphatic rings. The molecule has 33 nitrogen and oxygen atoms in total. The van der Waals surface area contributed by atoms with E-state index in [4.69, 9.17) is 135 Å². The van der Waals surface area contributed by atoms with Crippen molar-refractivity contribution in [1.29, 1.82) is 0 Å². The second kappa shape index (κ2) is 41.9. The summed E-state index contributed by atoms with van der Waals surface area (Å²) in [5.41, 5.74) is -4.70. The van der Waals surface area contributed by atoms with Crippen LogP contribution in [0, 0.1) is 11.6 Å². The standard InChI is InChI=1S/C20H24ClFN4O4.C19H22ClFN4O4.C14H21ClN4O4.C8H9Cl2N3O3.C3Cl3N3.Na/c1-20(2,17(27)29-4)30-19-24-16(12-7-8-14(21)15(22)10-12)23-18(25-19)26-9-5-6-13(26)11-28-3;1-19(2,16(26)27)29-18-23-15(11-6-7-13(20)14(21)9-11)22-17(24-18)25-8-4-5-12(25)10-28-3;1-14(2,10(20)22-4)23-13-17-11(15)16-12(18-13)19-7-5-6-9(19)8-21-3;1-8(2,4(14)15-3)16-7-12-5(9)11-6(10)13-7;4-1-7-2(5)9-3(6)8-1;/h7-8,10,13H,5-6,9,11H2,1-4H3;6-7,9,12H,4-5,8,10H2,1-3H3,(H,26,27);9H,5-8H2,1-4H3;1-3H3;;/q;;;;;+1/p-1/t13-;12-;9-;;;/m000.../s1. The predicted octanol–water partition coefficient (Wildman–Crippen LogP) is 6.95. The minimum Gasteiger partial charge on any atom is -0.546 e. The number of carbonyl (C=O) groups is 4. The Morgan fingerprint density at radius 2 is 0.676 bits per heavy atom. The van der Waals surface area contributed by atoms with Crippen LogP contribution in [0.5, 0.6) is 24.0 Å². The van der Waals surface area contributed by atoms with E-state index in [1.165, 1.54) is 73.3 Å². The van der Waals surface area contributed by atoms with Crippen molar-refractivity contribution in [2.75, 3.05) is 96.8 Å². The number of hydrogen-bond donors (Lipinski definition) is 0. The van der Waals surface area contributed by atoms with E-state index in [0.29, 0.717) is 55.3 Å². The summed E-state index contributed by atoms with van der Waals surface area (Å²) in [4.78, 5) is 112. The number of benzene rings is 2. The third kappa shape index (κ3) is 26.9. The van der Waals surface area contributed by atoms with Gasteiger partial charge in [-0.15, -0.1) is 0 Å². The van der Waals surface area contributed by atoms with Gasteiger partial charge in [-0.1, -0.05) is 23.2 Å². The minimum absolute atomic E-state index is 0.